The molecule has 0 radical (unpaired) electrons. The van der Waals surface area contributed by atoms with E-state index in [2.05, 4.69) is 19.8 Å². The molecule has 10 nitrogen and oxygen atoms in total. The first kappa shape index (κ1) is 26.3. The van der Waals surface area contributed by atoms with Crippen molar-refractivity contribution < 1.29 is 9.47 Å². The average Bonchev–Trinajstić information content (AvgIpc) is 2.81. The minimum absolute atomic E-state index is 0. The van der Waals surface area contributed by atoms with Gasteiger partial charge in [-0.2, -0.15) is 0 Å². The van der Waals surface area contributed by atoms with Gasteiger partial charge in [-0.3, -0.25) is 10.8 Å². The van der Waals surface area contributed by atoms with Crippen molar-refractivity contribution in [3.63, 3.8) is 0 Å². The third-order valence-corrected chi connectivity index (χ3v) is 5.30. The molecular formula is C22H33ClN8O2. The number of nitrogens with two attached hydrogens (primary N) is 2. The number of hydrogen-bond donors (Lipinski definition) is 4. The van der Waals surface area contributed by atoms with Crippen molar-refractivity contribution >= 4 is 24.1 Å². The summed E-state index contributed by atoms with van der Waals surface area (Å²) in [6.07, 6.45) is 5.00. The van der Waals surface area contributed by atoms with Gasteiger partial charge in [-0.05, 0) is 25.0 Å². The van der Waals surface area contributed by atoms with Crippen LogP contribution in [-0.2, 0) is 0 Å². The number of pyridine rings is 2. The summed E-state index contributed by atoms with van der Waals surface area (Å²) < 4.78 is 11.4. The summed E-state index contributed by atoms with van der Waals surface area (Å²) in [5, 5.41) is 14.7. The number of piperazine rings is 1. The zero-order chi connectivity index (χ0) is 22.8. The van der Waals surface area contributed by atoms with E-state index in [0.717, 1.165) is 52.1 Å². The highest BCUT2D eigenvalue weighted by molar-refractivity contribution is 5.95. The first-order valence-corrected chi connectivity index (χ1v) is 10.8. The molecule has 1 aliphatic rings. The van der Waals surface area contributed by atoms with Crippen LogP contribution in [0.15, 0.2) is 36.7 Å². The summed E-state index contributed by atoms with van der Waals surface area (Å²) in [5.74, 6) is 1.14. The van der Waals surface area contributed by atoms with Gasteiger partial charge in [0.2, 0.25) is 11.8 Å². The highest BCUT2D eigenvalue weighted by Gasteiger charge is 2.16. The highest BCUT2D eigenvalue weighted by Crippen LogP contribution is 2.10. The van der Waals surface area contributed by atoms with Crippen LogP contribution in [0.3, 0.4) is 0 Å². The van der Waals surface area contributed by atoms with Crippen LogP contribution in [0.25, 0.3) is 0 Å². The molecule has 0 unspecified atom stereocenters. The van der Waals surface area contributed by atoms with E-state index in [9.17, 15) is 0 Å². The quantitative estimate of drug-likeness (QED) is 0.203. The first-order chi connectivity index (χ1) is 15.5. The van der Waals surface area contributed by atoms with Crippen molar-refractivity contribution in [3.8, 4) is 11.8 Å². The van der Waals surface area contributed by atoms with E-state index in [4.69, 9.17) is 31.8 Å². The number of nitrogens with one attached hydrogen (secondary N) is 2. The lowest BCUT2D eigenvalue weighted by Gasteiger charge is -2.34. The Balaban J connectivity index is 0.00000385. The van der Waals surface area contributed by atoms with Gasteiger partial charge in [-0.1, -0.05) is 0 Å². The number of nitrogens with zero attached hydrogens (tertiary/aromatic N) is 4. The number of hydrogen-bond acceptors (Lipinski definition) is 8. The molecule has 33 heavy (non-hydrogen) atoms. The topological polar surface area (TPSA) is 150 Å². The number of nitrogen functional groups attached to an aromatic ring is 2. The predicted octanol–water partition coefficient (Wildman–Crippen LogP) is 1.32. The number of halogens is 1. The lowest BCUT2D eigenvalue weighted by molar-refractivity contribution is 0.120. The van der Waals surface area contributed by atoms with E-state index in [1.54, 1.807) is 36.7 Å². The maximum absolute atomic E-state index is 7.37. The SMILES string of the molecule is Cl.N=C(N)c1ccc(OCCCN2CCN(CCCOc3ccc(C(=N)N)cn3)CC2)nc1. The van der Waals surface area contributed by atoms with Crippen LogP contribution in [0.4, 0.5) is 0 Å². The van der Waals surface area contributed by atoms with Gasteiger partial charge in [0.15, 0.2) is 0 Å². The van der Waals surface area contributed by atoms with E-state index in [1.165, 1.54) is 0 Å². The normalized spacial score (nSPS) is 14.3. The Kier molecular flexibility index (Phi) is 10.8. The molecule has 0 aliphatic carbocycles. The molecule has 2 aromatic rings. The lowest BCUT2D eigenvalue weighted by Crippen LogP contribution is -2.47. The van der Waals surface area contributed by atoms with Gasteiger partial charge in [-0.15, -0.1) is 12.4 Å². The monoisotopic (exact) mass is 476 g/mol. The van der Waals surface area contributed by atoms with Gasteiger partial charge in [0.05, 0.1) is 13.2 Å². The molecule has 1 saturated heterocycles. The Bertz CT molecular complexity index is 797. The molecule has 2 aromatic heterocycles. The Labute approximate surface area is 200 Å². The predicted molar refractivity (Wildman–Crippen MR) is 131 cm³/mol. The fraction of sp³-hybridized carbons (Fsp3) is 0.455. The van der Waals surface area contributed by atoms with E-state index < -0.39 is 0 Å². The highest BCUT2D eigenvalue weighted by atomic mass is 35.5. The maximum Gasteiger partial charge on any atom is 0.213 e. The molecule has 180 valence electrons. The summed E-state index contributed by atoms with van der Waals surface area (Å²) in [6.45, 7) is 7.47. The van der Waals surface area contributed by atoms with Crippen LogP contribution in [0.5, 0.6) is 11.8 Å². The van der Waals surface area contributed by atoms with Gasteiger partial charge >= 0.3 is 0 Å². The Morgan fingerprint density at radius 3 is 1.45 bits per heavy atom. The molecule has 0 spiro atoms. The fourth-order valence-corrected chi connectivity index (χ4v) is 3.42. The second-order valence-electron chi connectivity index (χ2n) is 7.68. The third-order valence-electron chi connectivity index (χ3n) is 5.30. The molecule has 0 aromatic carbocycles. The Morgan fingerprint density at radius 1 is 0.758 bits per heavy atom. The van der Waals surface area contributed by atoms with Gasteiger partial charge in [-0.25, -0.2) is 9.97 Å². The summed E-state index contributed by atoms with van der Waals surface area (Å²) in [7, 11) is 0. The fourth-order valence-electron chi connectivity index (χ4n) is 3.42. The van der Waals surface area contributed by atoms with Gasteiger partial charge < -0.3 is 30.7 Å². The number of rotatable bonds is 12. The van der Waals surface area contributed by atoms with Crippen molar-refractivity contribution in [2.45, 2.75) is 12.8 Å². The first-order valence-electron chi connectivity index (χ1n) is 10.8. The lowest BCUT2D eigenvalue weighted by atomic mass is 10.2. The smallest absolute Gasteiger partial charge is 0.213 e. The van der Waals surface area contributed by atoms with Crippen molar-refractivity contribution in [3.05, 3.63) is 47.8 Å². The van der Waals surface area contributed by atoms with Crippen molar-refractivity contribution in [2.24, 2.45) is 11.5 Å². The Hall–Kier alpha value is -2.95. The number of amidine groups is 2. The van der Waals surface area contributed by atoms with E-state index in [1.807, 2.05) is 0 Å². The van der Waals surface area contributed by atoms with Gasteiger partial charge in [0.1, 0.15) is 11.7 Å². The zero-order valence-electron chi connectivity index (χ0n) is 18.7. The number of aromatic nitrogens is 2. The van der Waals surface area contributed by atoms with Gasteiger partial charge in [0.25, 0.3) is 0 Å². The van der Waals surface area contributed by atoms with E-state index in [-0.39, 0.29) is 24.1 Å². The minimum Gasteiger partial charge on any atom is -0.478 e. The van der Waals surface area contributed by atoms with Crippen molar-refractivity contribution in [1.29, 1.82) is 10.8 Å². The second kappa shape index (κ2) is 13.6. The molecule has 3 heterocycles. The molecule has 0 saturated carbocycles. The second-order valence-corrected chi connectivity index (χ2v) is 7.68. The molecule has 0 amide bonds. The van der Waals surface area contributed by atoms with Crippen molar-refractivity contribution in [1.82, 2.24) is 19.8 Å². The third kappa shape index (κ3) is 8.83. The average molecular weight is 477 g/mol. The molecule has 0 bridgehead atoms. The maximum atomic E-state index is 7.37. The van der Waals surface area contributed by atoms with Crippen LogP contribution in [0.2, 0.25) is 0 Å². The molecule has 3 rings (SSSR count). The molecule has 1 aliphatic heterocycles. The van der Waals surface area contributed by atoms with Crippen LogP contribution < -0.4 is 20.9 Å². The molecule has 1 fully saturated rings. The van der Waals surface area contributed by atoms with Crippen LogP contribution in [-0.4, -0.2) is 83.9 Å². The Morgan fingerprint density at radius 2 is 1.15 bits per heavy atom. The summed E-state index contributed by atoms with van der Waals surface area (Å²) in [5.41, 5.74) is 12.0. The molecule has 6 N–H and O–H groups in total. The van der Waals surface area contributed by atoms with E-state index in [0.29, 0.717) is 36.1 Å². The minimum atomic E-state index is 0. The van der Waals surface area contributed by atoms with Crippen LogP contribution in [0.1, 0.15) is 24.0 Å². The largest absolute Gasteiger partial charge is 0.478 e. The standard InChI is InChI=1S/C22H32N8O2.ClH/c23-21(24)17-3-5-19(27-15-17)31-13-1-7-29-9-11-30(12-10-29)8-2-14-32-20-6-4-18(16-28-20)22(25)26;/h3-6,15-16H,1-2,7-14H2,(H3,23,24)(H3,25,26);1H. The van der Waals surface area contributed by atoms with Crippen molar-refractivity contribution in [2.75, 3.05) is 52.5 Å². The van der Waals surface area contributed by atoms with Crippen LogP contribution >= 0.6 is 12.4 Å². The number of ether oxygens (including phenoxy) is 2. The van der Waals surface area contributed by atoms with Gasteiger partial charge in [0, 0.05) is 74.9 Å². The summed E-state index contributed by atoms with van der Waals surface area (Å²) in [6, 6.07) is 6.98. The van der Waals surface area contributed by atoms with Crippen LogP contribution in [0, 0.1) is 10.8 Å². The van der Waals surface area contributed by atoms with E-state index >= 15 is 0 Å². The molecule has 11 heteroatoms. The molecule has 0 atom stereocenters. The summed E-state index contributed by atoms with van der Waals surface area (Å²) >= 11 is 0. The molecular weight excluding hydrogens is 444 g/mol. The summed E-state index contributed by atoms with van der Waals surface area (Å²) in [4.78, 5) is 13.3. The zero-order valence-corrected chi connectivity index (χ0v) is 19.5.